The van der Waals surface area contributed by atoms with Gasteiger partial charge in [0, 0.05) is 49.5 Å². The number of halogens is 1. The lowest BCUT2D eigenvalue weighted by Gasteiger charge is -2.27. The molecule has 1 atom stereocenters. The SMILES string of the molecule is Cc1cc(Nc2nccs2)cc(C2CCCN2C(=O)CCN(C)c2ccccc2F)n1. The molecule has 4 rings (SSSR count). The Kier molecular flexibility index (Phi) is 6.46. The molecule has 0 radical (unpaired) electrons. The van der Waals surface area contributed by atoms with E-state index in [0.29, 0.717) is 18.7 Å². The quantitative estimate of drug-likeness (QED) is 0.566. The van der Waals surface area contributed by atoms with Crippen LogP contribution in [0.1, 0.15) is 36.7 Å². The second-order valence-corrected chi connectivity index (χ2v) is 8.65. The maximum Gasteiger partial charge on any atom is 0.224 e. The van der Waals surface area contributed by atoms with Crippen LogP contribution in [0.2, 0.25) is 0 Å². The van der Waals surface area contributed by atoms with E-state index in [1.54, 1.807) is 29.3 Å². The molecular formula is C23H26FN5OS. The molecule has 1 aromatic carbocycles. The van der Waals surface area contributed by atoms with Gasteiger partial charge in [-0.05, 0) is 44.0 Å². The molecule has 1 aliphatic rings. The van der Waals surface area contributed by atoms with Crippen LogP contribution in [0.15, 0.2) is 48.0 Å². The molecule has 162 valence electrons. The third-order valence-electron chi connectivity index (χ3n) is 5.50. The molecule has 8 heteroatoms. The van der Waals surface area contributed by atoms with Crippen LogP contribution in [0.25, 0.3) is 0 Å². The lowest BCUT2D eigenvalue weighted by atomic mass is 10.1. The highest BCUT2D eigenvalue weighted by Gasteiger charge is 2.31. The van der Waals surface area contributed by atoms with E-state index in [1.807, 2.05) is 36.4 Å². The van der Waals surface area contributed by atoms with E-state index in [2.05, 4.69) is 10.3 Å². The molecule has 0 spiro atoms. The highest BCUT2D eigenvalue weighted by Crippen LogP contribution is 2.33. The summed E-state index contributed by atoms with van der Waals surface area (Å²) in [5.41, 5.74) is 3.23. The molecule has 6 nitrogen and oxygen atoms in total. The molecule has 3 heterocycles. The van der Waals surface area contributed by atoms with Crippen LogP contribution in [-0.2, 0) is 4.79 Å². The number of carbonyl (C=O) groups is 1. The molecule has 1 fully saturated rings. The van der Waals surface area contributed by atoms with Crippen molar-refractivity contribution in [3.8, 4) is 0 Å². The molecule has 0 aliphatic carbocycles. The normalized spacial score (nSPS) is 15.8. The summed E-state index contributed by atoms with van der Waals surface area (Å²) < 4.78 is 14.0. The van der Waals surface area contributed by atoms with Gasteiger partial charge >= 0.3 is 0 Å². The third kappa shape index (κ3) is 5.02. The summed E-state index contributed by atoms with van der Waals surface area (Å²) >= 11 is 1.54. The highest BCUT2D eigenvalue weighted by atomic mass is 32.1. The van der Waals surface area contributed by atoms with Crippen molar-refractivity contribution >= 4 is 33.8 Å². The van der Waals surface area contributed by atoms with Crippen LogP contribution in [0.5, 0.6) is 0 Å². The number of nitrogens with zero attached hydrogens (tertiary/aromatic N) is 4. The largest absolute Gasteiger partial charge is 0.372 e. The van der Waals surface area contributed by atoms with Crippen molar-refractivity contribution in [1.82, 2.24) is 14.9 Å². The maximum atomic E-state index is 14.0. The Bertz CT molecular complexity index is 1040. The van der Waals surface area contributed by atoms with Gasteiger partial charge in [0.2, 0.25) is 5.91 Å². The number of anilines is 3. The lowest BCUT2D eigenvalue weighted by Crippen LogP contribution is -2.34. The number of thiazole rings is 1. The number of nitrogens with one attached hydrogen (secondary N) is 1. The Morgan fingerprint density at radius 3 is 2.97 bits per heavy atom. The van der Waals surface area contributed by atoms with Crippen LogP contribution in [0, 0.1) is 12.7 Å². The minimum atomic E-state index is -0.277. The predicted molar refractivity (Wildman–Crippen MR) is 122 cm³/mol. The number of hydrogen-bond donors (Lipinski definition) is 1. The van der Waals surface area contributed by atoms with Crippen molar-refractivity contribution in [1.29, 1.82) is 0 Å². The minimum Gasteiger partial charge on any atom is -0.372 e. The molecule has 3 aromatic rings. The van der Waals surface area contributed by atoms with Gasteiger partial charge < -0.3 is 15.1 Å². The molecule has 2 aromatic heterocycles. The first-order valence-electron chi connectivity index (χ1n) is 10.4. The zero-order valence-corrected chi connectivity index (χ0v) is 18.5. The average molecular weight is 440 g/mol. The Balaban J connectivity index is 1.44. The number of aromatic nitrogens is 2. The molecule has 1 saturated heterocycles. The summed E-state index contributed by atoms with van der Waals surface area (Å²) in [7, 11) is 1.81. The molecule has 0 saturated carbocycles. The maximum absolute atomic E-state index is 14.0. The molecule has 0 bridgehead atoms. The molecular weight excluding hydrogens is 413 g/mol. The number of rotatable bonds is 7. The Hall–Kier alpha value is -3.00. The van der Waals surface area contributed by atoms with Crippen molar-refractivity contribution in [3.05, 3.63) is 65.2 Å². The number of hydrogen-bond acceptors (Lipinski definition) is 6. The predicted octanol–water partition coefficient (Wildman–Crippen LogP) is 4.92. The first kappa shape index (κ1) is 21.2. The van der Waals surface area contributed by atoms with Crippen molar-refractivity contribution < 1.29 is 9.18 Å². The second-order valence-electron chi connectivity index (χ2n) is 7.75. The highest BCUT2D eigenvalue weighted by molar-refractivity contribution is 7.13. The van der Waals surface area contributed by atoms with E-state index >= 15 is 0 Å². The zero-order valence-electron chi connectivity index (χ0n) is 17.7. The molecule has 1 N–H and O–H groups in total. The standard InChI is InChI=1S/C23H26FN5OS/c1-16-14-17(27-23-25-10-13-31-23)15-19(26-16)21-8-5-11-29(21)22(30)9-12-28(2)20-7-4-3-6-18(20)24/h3-4,6-7,10,13-15,21H,5,8-9,11-12H2,1-2H3,(H,25,26,27). The number of para-hydroxylation sites is 1. The number of aryl methyl sites for hydroxylation is 1. The van der Waals surface area contributed by atoms with Gasteiger partial charge in [0.25, 0.3) is 0 Å². The van der Waals surface area contributed by atoms with Gasteiger partial charge in [-0.1, -0.05) is 12.1 Å². The van der Waals surface area contributed by atoms with Gasteiger partial charge in [-0.25, -0.2) is 9.37 Å². The van der Waals surface area contributed by atoms with Gasteiger partial charge in [0.05, 0.1) is 17.4 Å². The fraction of sp³-hybridized carbons (Fsp3) is 0.348. The van der Waals surface area contributed by atoms with Gasteiger partial charge in [-0.3, -0.25) is 9.78 Å². The summed E-state index contributed by atoms with van der Waals surface area (Å²) in [6.45, 7) is 3.14. The topological polar surface area (TPSA) is 61.4 Å². The monoisotopic (exact) mass is 439 g/mol. The fourth-order valence-electron chi connectivity index (χ4n) is 4.01. The van der Waals surface area contributed by atoms with Crippen LogP contribution in [0.4, 0.5) is 20.9 Å². The van der Waals surface area contributed by atoms with E-state index in [9.17, 15) is 9.18 Å². The van der Waals surface area contributed by atoms with Crippen LogP contribution in [0.3, 0.4) is 0 Å². The van der Waals surface area contributed by atoms with Crippen LogP contribution < -0.4 is 10.2 Å². The Morgan fingerprint density at radius 2 is 2.19 bits per heavy atom. The summed E-state index contributed by atoms with van der Waals surface area (Å²) in [4.78, 5) is 25.7. The van der Waals surface area contributed by atoms with Gasteiger partial charge in [-0.15, -0.1) is 11.3 Å². The van der Waals surface area contributed by atoms with Crippen molar-refractivity contribution in [3.63, 3.8) is 0 Å². The van der Waals surface area contributed by atoms with E-state index in [0.717, 1.165) is 41.6 Å². The number of pyridine rings is 1. The number of likely N-dealkylation sites (tertiary alicyclic amines) is 1. The van der Waals surface area contributed by atoms with Gasteiger partial charge in [0.1, 0.15) is 5.82 Å². The van der Waals surface area contributed by atoms with Crippen LogP contribution in [-0.4, -0.2) is 40.9 Å². The summed E-state index contributed by atoms with van der Waals surface area (Å²) in [6, 6.07) is 10.6. The van der Waals surface area contributed by atoms with Gasteiger partial charge in [0.15, 0.2) is 5.13 Å². The van der Waals surface area contributed by atoms with Gasteiger partial charge in [-0.2, -0.15) is 0 Å². The smallest absolute Gasteiger partial charge is 0.224 e. The Morgan fingerprint density at radius 1 is 1.35 bits per heavy atom. The average Bonchev–Trinajstić information content (AvgIpc) is 3.44. The first-order valence-corrected chi connectivity index (χ1v) is 11.3. The molecule has 1 unspecified atom stereocenters. The fourth-order valence-corrected chi connectivity index (χ4v) is 4.56. The van der Waals surface area contributed by atoms with E-state index < -0.39 is 0 Å². The van der Waals surface area contributed by atoms with E-state index in [-0.39, 0.29) is 17.8 Å². The first-order chi connectivity index (χ1) is 15.0. The number of carbonyl (C=O) groups excluding carboxylic acids is 1. The molecule has 1 aliphatic heterocycles. The van der Waals surface area contributed by atoms with Crippen molar-refractivity contribution in [2.75, 3.05) is 30.4 Å². The minimum absolute atomic E-state index is 0.0389. The molecule has 1 amide bonds. The summed E-state index contributed by atoms with van der Waals surface area (Å²) in [5, 5.41) is 6.07. The van der Waals surface area contributed by atoms with Crippen LogP contribution >= 0.6 is 11.3 Å². The zero-order chi connectivity index (χ0) is 21.8. The van der Waals surface area contributed by atoms with Crippen molar-refractivity contribution in [2.45, 2.75) is 32.2 Å². The summed E-state index contributed by atoms with van der Waals surface area (Å²) in [5.74, 6) is -0.204. The summed E-state index contributed by atoms with van der Waals surface area (Å²) in [6.07, 6.45) is 3.93. The number of benzene rings is 1. The van der Waals surface area contributed by atoms with E-state index in [1.165, 1.54) is 17.4 Å². The second kappa shape index (κ2) is 9.43. The number of amides is 1. The van der Waals surface area contributed by atoms with E-state index in [4.69, 9.17) is 4.98 Å². The van der Waals surface area contributed by atoms with Crippen molar-refractivity contribution in [2.24, 2.45) is 0 Å². The molecule has 31 heavy (non-hydrogen) atoms. The lowest BCUT2D eigenvalue weighted by molar-refractivity contribution is -0.132. The third-order valence-corrected chi connectivity index (χ3v) is 6.18. The Labute approximate surface area is 185 Å².